The minimum Gasteiger partial charge on any atom is -0.366 e. The minimum absolute atomic E-state index is 0.00214. The largest absolute Gasteiger partial charge is 0.366 e. The Hall–Kier alpha value is -2.94. The first kappa shape index (κ1) is 16.4. The van der Waals surface area contributed by atoms with Gasteiger partial charge in [0.2, 0.25) is 0 Å². The summed E-state index contributed by atoms with van der Waals surface area (Å²) in [6.07, 6.45) is 0. The summed E-state index contributed by atoms with van der Waals surface area (Å²) in [5, 5.41) is 10.9. The molecule has 0 unspecified atom stereocenters. The normalized spacial score (nSPS) is 11.0. The van der Waals surface area contributed by atoms with Crippen LogP contribution in [0.2, 0.25) is 0 Å². The SMILES string of the molecule is Cc1ccc(S(=O)(=O)Nc2ccccc2C(N)=O)cc1[N+](=O)[O-]. The smallest absolute Gasteiger partial charge is 0.273 e. The van der Waals surface area contributed by atoms with Crippen molar-refractivity contribution in [1.82, 2.24) is 0 Å². The lowest BCUT2D eigenvalue weighted by molar-refractivity contribution is -0.385. The predicted octanol–water partition coefficient (Wildman–Crippen LogP) is 1.80. The van der Waals surface area contributed by atoms with Crippen LogP contribution in [-0.4, -0.2) is 19.2 Å². The zero-order valence-corrected chi connectivity index (χ0v) is 12.8. The molecule has 2 aromatic rings. The molecule has 0 spiro atoms. The number of hydrogen-bond donors (Lipinski definition) is 2. The topological polar surface area (TPSA) is 132 Å². The fourth-order valence-corrected chi connectivity index (χ4v) is 3.04. The molecule has 0 aliphatic carbocycles. The highest BCUT2D eigenvalue weighted by Gasteiger charge is 2.21. The Labute approximate surface area is 132 Å². The first-order valence-electron chi connectivity index (χ1n) is 6.39. The molecule has 0 heterocycles. The van der Waals surface area contributed by atoms with E-state index in [-0.39, 0.29) is 21.8 Å². The second-order valence-electron chi connectivity index (χ2n) is 4.72. The Bertz CT molecular complexity index is 893. The first-order chi connectivity index (χ1) is 10.7. The highest BCUT2D eigenvalue weighted by Crippen LogP contribution is 2.25. The second-order valence-corrected chi connectivity index (χ2v) is 6.40. The molecule has 2 rings (SSSR count). The van der Waals surface area contributed by atoms with Crippen molar-refractivity contribution >= 4 is 27.3 Å². The highest BCUT2D eigenvalue weighted by atomic mass is 32.2. The average molecular weight is 335 g/mol. The maximum Gasteiger partial charge on any atom is 0.273 e. The molecule has 8 nitrogen and oxygen atoms in total. The molecule has 1 amide bonds. The molecule has 0 bridgehead atoms. The van der Waals surface area contributed by atoms with E-state index in [4.69, 9.17) is 5.73 Å². The van der Waals surface area contributed by atoms with Crippen molar-refractivity contribution in [2.45, 2.75) is 11.8 Å². The van der Waals surface area contributed by atoms with Gasteiger partial charge in [0.05, 0.1) is 21.1 Å². The molecule has 3 N–H and O–H groups in total. The van der Waals surface area contributed by atoms with Gasteiger partial charge in [-0.25, -0.2) is 8.42 Å². The Morgan fingerprint density at radius 1 is 1.22 bits per heavy atom. The van der Waals surface area contributed by atoms with Crippen molar-refractivity contribution in [3.05, 3.63) is 63.7 Å². The number of carbonyl (C=O) groups excluding carboxylic acids is 1. The van der Waals surface area contributed by atoms with E-state index in [1.54, 1.807) is 0 Å². The van der Waals surface area contributed by atoms with Gasteiger partial charge in [0, 0.05) is 11.6 Å². The Balaban J connectivity index is 2.47. The van der Waals surface area contributed by atoms with Crippen molar-refractivity contribution < 1.29 is 18.1 Å². The Kier molecular flexibility index (Phi) is 4.32. The zero-order valence-electron chi connectivity index (χ0n) is 12.0. The van der Waals surface area contributed by atoms with Crippen LogP contribution in [0.1, 0.15) is 15.9 Å². The average Bonchev–Trinajstić information content (AvgIpc) is 2.47. The van der Waals surface area contributed by atoms with Gasteiger partial charge in [0.1, 0.15) is 0 Å². The van der Waals surface area contributed by atoms with Gasteiger partial charge >= 0.3 is 0 Å². The lowest BCUT2D eigenvalue weighted by Crippen LogP contribution is -2.18. The van der Waals surface area contributed by atoms with Crippen LogP contribution in [0.3, 0.4) is 0 Å². The van der Waals surface area contributed by atoms with Gasteiger partial charge in [0.15, 0.2) is 0 Å². The molecule has 23 heavy (non-hydrogen) atoms. The second kappa shape index (κ2) is 6.05. The van der Waals surface area contributed by atoms with Crippen LogP contribution >= 0.6 is 0 Å². The molecule has 0 saturated heterocycles. The van der Waals surface area contributed by atoms with Gasteiger partial charge < -0.3 is 5.73 Å². The third-order valence-electron chi connectivity index (χ3n) is 3.12. The van der Waals surface area contributed by atoms with Gasteiger partial charge in [-0.1, -0.05) is 18.2 Å². The maximum absolute atomic E-state index is 12.4. The van der Waals surface area contributed by atoms with Crippen LogP contribution in [0.5, 0.6) is 0 Å². The number of nitro benzene ring substituents is 1. The molecule has 120 valence electrons. The van der Waals surface area contributed by atoms with Gasteiger partial charge in [-0.3, -0.25) is 19.6 Å². The number of sulfonamides is 1. The van der Waals surface area contributed by atoms with Crippen molar-refractivity contribution in [1.29, 1.82) is 0 Å². The summed E-state index contributed by atoms with van der Waals surface area (Å²) in [7, 11) is -4.10. The summed E-state index contributed by atoms with van der Waals surface area (Å²) in [5.41, 5.74) is 5.22. The minimum atomic E-state index is -4.10. The predicted molar refractivity (Wildman–Crippen MR) is 83.6 cm³/mol. The summed E-state index contributed by atoms with van der Waals surface area (Å²) in [6, 6.07) is 9.36. The van der Waals surface area contributed by atoms with Crippen molar-refractivity contribution in [3.8, 4) is 0 Å². The van der Waals surface area contributed by atoms with Crippen molar-refractivity contribution in [3.63, 3.8) is 0 Å². The van der Waals surface area contributed by atoms with E-state index in [1.807, 2.05) is 0 Å². The van der Waals surface area contributed by atoms with Crippen LogP contribution in [0, 0.1) is 17.0 Å². The molecule has 2 aromatic carbocycles. The number of nitro groups is 1. The summed E-state index contributed by atoms with van der Waals surface area (Å²) >= 11 is 0. The van der Waals surface area contributed by atoms with Gasteiger partial charge in [-0.05, 0) is 25.1 Å². The maximum atomic E-state index is 12.4. The van der Waals surface area contributed by atoms with Gasteiger partial charge in [-0.2, -0.15) is 0 Å². The lowest BCUT2D eigenvalue weighted by Gasteiger charge is -2.11. The molecule has 0 saturated carbocycles. The molecule has 0 aromatic heterocycles. The number of nitrogens with two attached hydrogens (primary N) is 1. The van der Waals surface area contributed by atoms with E-state index < -0.39 is 20.9 Å². The molecule has 0 aliphatic heterocycles. The standard InChI is InChI=1S/C14H13N3O5S/c1-9-6-7-10(8-13(9)17(19)20)23(21,22)16-12-5-3-2-4-11(12)14(15)18/h2-8,16H,1H3,(H2,15,18). The molecule has 0 fully saturated rings. The molecule has 0 aliphatic rings. The zero-order chi connectivity index (χ0) is 17.2. The number of rotatable bonds is 5. The fraction of sp³-hybridized carbons (Fsp3) is 0.0714. The Morgan fingerprint density at radius 2 is 1.87 bits per heavy atom. The lowest BCUT2D eigenvalue weighted by atomic mass is 10.2. The number of amides is 1. The first-order valence-corrected chi connectivity index (χ1v) is 7.87. The number of aryl methyl sites for hydroxylation is 1. The molecular formula is C14H13N3O5S. The molecule has 0 radical (unpaired) electrons. The van der Waals surface area contributed by atoms with Crippen molar-refractivity contribution in [2.75, 3.05) is 4.72 Å². The van der Waals surface area contributed by atoms with Gasteiger partial charge in [0.25, 0.3) is 21.6 Å². The van der Waals surface area contributed by atoms with E-state index in [1.165, 1.54) is 43.3 Å². The van der Waals surface area contributed by atoms with Crippen LogP contribution in [-0.2, 0) is 10.0 Å². The van der Waals surface area contributed by atoms with Gasteiger partial charge in [-0.15, -0.1) is 0 Å². The summed E-state index contributed by atoms with van der Waals surface area (Å²) in [4.78, 5) is 21.3. The van der Waals surface area contributed by atoms with E-state index in [0.717, 1.165) is 6.07 Å². The summed E-state index contributed by atoms with van der Waals surface area (Å²) in [5.74, 6) is -0.793. The van der Waals surface area contributed by atoms with E-state index in [9.17, 15) is 23.3 Å². The van der Waals surface area contributed by atoms with Crippen LogP contribution < -0.4 is 10.5 Å². The van der Waals surface area contributed by atoms with E-state index in [2.05, 4.69) is 4.72 Å². The number of primary amides is 1. The van der Waals surface area contributed by atoms with Crippen LogP contribution in [0.4, 0.5) is 11.4 Å². The van der Waals surface area contributed by atoms with E-state index >= 15 is 0 Å². The van der Waals surface area contributed by atoms with Crippen LogP contribution in [0.25, 0.3) is 0 Å². The Morgan fingerprint density at radius 3 is 2.48 bits per heavy atom. The van der Waals surface area contributed by atoms with Crippen LogP contribution in [0.15, 0.2) is 47.4 Å². The number of nitrogens with zero attached hydrogens (tertiary/aromatic N) is 1. The number of benzene rings is 2. The molecular weight excluding hydrogens is 322 g/mol. The van der Waals surface area contributed by atoms with Crippen molar-refractivity contribution in [2.24, 2.45) is 5.73 Å². The molecule has 9 heteroatoms. The number of para-hydroxylation sites is 1. The third-order valence-corrected chi connectivity index (χ3v) is 4.49. The quantitative estimate of drug-likeness (QED) is 0.635. The summed E-state index contributed by atoms with van der Waals surface area (Å²) in [6.45, 7) is 1.50. The number of carbonyl (C=O) groups is 1. The molecule has 0 atom stereocenters. The highest BCUT2D eigenvalue weighted by molar-refractivity contribution is 7.92. The number of hydrogen-bond acceptors (Lipinski definition) is 5. The third kappa shape index (κ3) is 3.46. The summed E-state index contributed by atoms with van der Waals surface area (Å²) < 4.78 is 27.0. The number of anilines is 1. The fourth-order valence-electron chi connectivity index (χ4n) is 1.94. The number of nitrogens with one attached hydrogen (secondary N) is 1. The van der Waals surface area contributed by atoms with E-state index in [0.29, 0.717) is 5.56 Å². The monoisotopic (exact) mass is 335 g/mol.